The third kappa shape index (κ3) is 4.47. The van der Waals surface area contributed by atoms with Crippen LogP contribution < -0.4 is 15.5 Å². The van der Waals surface area contributed by atoms with Crippen LogP contribution in [0.5, 0.6) is 5.75 Å². The molecule has 1 amide bonds. The van der Waals surface area contributed by atoms with Crippen molar-refractivity contribution in [3.8, 4) is 16.9 Å². The Labute approximate surface area is 166 Å². The lowest BCUT2D eigenvalue weighted by Crippen LogP contribution is -2.59. The van der Waals surface area contributed by atoms with Gasteiger partial charge in [-0.15, -0.1) is 0 Å². The highest BCUT2D eigenvalue weighted by Gasteiger charge is 2.43. The summed E-state index contributed by atoms with van der Waals surface area (Å²) in [5.74, 6) is 0.412. The number of carbonyl (C=O) groups excluding carboxylic acids is 1. The number of ether oxygens (including phenoxy) is 1. The Morgan fingerprint density at radius 1 is 1.25 bits per heavy atom. The predicted molar refractivity (Wildman–Crippen MR) is 105 cm³/mol. The van der Waals surface area contributed by atoms with Crippen LogP contribution in [0.1, 0.15) is 18.4 Å². The maximum Gasteiger partial charge on any atom is 0.264 e. The fourth-order valence-electron chi connectivity index (χ4n) is 3.32. The Morgan fingerprint density at radius 2 is 1.93 bits per heavy atom. The van der Waals surface area contributed by atoms with Gasteiger partial charge in [-0.3, -0.25) is 15.3 Å². The molecule has 150 valence electrons. The number of halogens is 1. The molecule has 3 rings (SSSR count). The minimum Gasteiger partial charge on any atom is -0.616 e. The van der Waals surface area contributed by atoms with E-state index in [4.69, 9.17) is 9.94 Å². The number of nitrogens with one attached hydrogen (secondary N) is 2. The zero-order valence-electron chi connectivity index (χ0n) is 15.5. The number of hydrogen-bond donors (Lipinski definition) is 3. The third-order valence-electron chi connectivity index (χ3n) is 5.12. The summed E-state index contributed by atoms with van der Waals surface area (Å²) in [6.45, 7) is 0.394. The van der Waals surface area contributed by atoms with Gasteiger partial charge >= 0.3 is 0 Å². The van der Waals surface area contributed by atoms with Crippen LogP contribution in [0, 0.1) is 5.82 Å². The summed E-state index contributed by atoms with van der Waals surface area (Å²) in [4.78, 5) is 12.2. The maximum absolute atomic E-state index is 14.2. The van der Waals surface area contributed by atoms with Gasteiger partial charge in [0.15, 0.2) is 0 Å². The number of hydrogen-bond acceptors (Lipinski definition) is 5. The number of benzene rings is 2. The number of carbonyl (C=O) groups is 1. The molecule has 0 bridgehead atoms. The molecule has 1 heterocycles. The molecule has 0 aromatic heterocycles. The number of rotatable bonds is 6. The van der Waals surface area contributed by atoms with Gasteiger partial charge in [-0.25, -0.2) is 9.87 Å². The molecule has 0 unspecified atom stereocenters. The van der Waals surface area contributed by atoms with E-state index in [1.807, 2.05) is 24.3 Å². The molecule has 0 atom stereocenters. The van der Waals surface area contributed by atoms with Crippen molar-refractivity contribution in [3.63, 3.8) is 0 Å². The molecule has 1 fully saturated rings. The van der Waals surface area contributed by atoms with Crippen molar-refractivity contribution in [2.75, 3.05) is 18.6 Å². The summed E-state index contributed by atoms with van der Waals surface area (Å²) < 4.78 is 30.9. The fraction of sp³-hybridized carbons (Fsp3) is 0.350. The molecule has 3 N–H and O–H groups in total. The monoisotopic (exact) mass is 406 g/mol. The first-order chi connectivity index (χ1) is 13.5. The van der Waals surface area contributed by atoms with E-state index in [-0.39, 0.29) is 5.82 Å². The standard InChI is InChI=1S/C20H23FN2O4S/c1-27-16-6-7-17(18(21)12-16)15-4-2-14(3-5-15)13-22-20(19(24)23-25)8-10-28(26)11-9-20/h2-7,12,22,25H,8-11,13H2,1H3,(H,23,24). The molecular formula is C20H23FN2O4S. The second kappa shape index (κ2) is 8.91. The highest BCUT2D eigenvalue weighted by atomic mass is 32.2. The lowest BCUT2D eigenvalue weighted by Gasteiger charge is -2.36. The van der Waals surface area contributed by atoms with Gasteiger partial charge in [-0.1, -0.05) is 35.4 Å². The van der Waals surface area contributed by atoms with E-state index in [1.54, 1.807) is 17.6 Å². The van der Waals surface area contributed by atoms with Gasteiger partial charge in [0.25, 0.3) is 5.91 Å². The molecule has 28 heavy (non-hydrogen) atoms. The molecule has 8 heteroatoms. The molecule has 0 saturated carbocycles. The van der Waals surface area contributed by atoms with Crippen molar-refractivity contribution in [1.82, 2.24) is 10.8 Å². The first-order valence-electron chi connectivity index (χ1n) is 8.95. The van der Waals surface area contributed by atoms with Gasteiger partial charge < -0.3 is 9.29 Å². The molecular weight excluding hydrogens is 383 g/mol. The van der Waals surface area contributed by atoms with Crippen LogP contribution in [0.2, 0.25) is 0 Å². The van der Waals surface area contributed by atoms with Crippen LogP contribution >= 0.6 is 0 Å². The average Bonchev–Trinajstić information content (AvgIpc) is 2.73. The molecule has 2 aromatic carbocycles. The zero-order valence-corrected chi connectivity index (χ0v) is 16.4. The fourth-order valence-corrected chi connectivity index (χ4v) is 4.68. The minimum absolute atomic E-state index is 0.362. The largest absolute Gasteiger partial charge is 0.616 e. The molecule has 0 aliphatic carbocycles. The highest BCUT2D eigenvalue weighted by molar-refractivity contribution is 7.91. The van der Waals surface area contributed by atoms with Gasteiger partial charge in [0, 0.05) is 31.0 Å². The normalized spacial score (nSPS) is 21.9. The third-order valence-corrected chi connectivity index (χ3v) is 6.44. The average molecular weight is 406 g/mol. The SMILES string of the molecule is COc1ccc(-c2ccc(CNC3(C(=O)NO)CC[S+]([O-])CC3)cc2)c(F)c1. The first-order valence-corrected chi connectivity index (χ1v) is 10.4. The topological polar surface area (TPSA) is 93.7 Å². The highest BCUT2D eigenvalue weighted by Crippen LogP contribution is 2.27. The van der Waals surface area contributed by atoms with E-state index in [0.717, 1.165) is 11.1 Å². The number of hydroxylamine groups is 1. The lowest BCUT2D eigenvalue weighted by atomic mass is 9.91. The van der Waals surface area contributed by atoms with Crippen molar-refractivity contribution in [1.29, 1.82) is 0 Å². The molecule has 6 nitrogen and oxygen atoms in total. The van der Waals surface area contributed by atoms with E-state index >= 15 is 0 Å². The van der Waals surface area contributed by atoms with Crippen LogP contribution in [0.3, 0.4) is 0 Å². The van der Waals surface area contributed by atoms with Gasteiger partial charge in [0.05, 0.1) is 7.11 Å². The second-order valence-corrected chi connectivity index (χ2v) is 8.46. The van der Waals surface area contributed by atoms with Crippen molar-refractivity contribution in [2.45, 2.75) is 24.9 Å². The molecule has 1 aliphatic heterocycles. The van der Waals surface area contributed by atoms with E-state index in [9.17, 15) is 13.7 Å². The molecule has 1 saturated heterocycles. The summed E-state index contributed by atoms with van der Waals surface area (Å²) in [6, 6.07) is 12.1. The second-order valence-electron chi connectivity index (χ2n) is 6.77. The van der Waals surface area contributed by atoms with E-state index in [1.165, 1.54) is 13.2 Å². The summed E-state index contributed by atoms with van der Waals surface area (Å²) >= 11 is -0.929. The van der Waals surface area contributed by atoms with Gasteiger partial charge in [0.2, 0.25) is 0 Å². The summed E-state index contributed by atoms with van der Waals surface area (Å²) in [5.41, 5.74) is 2.90. The van der Waals surface area contributed by atoms with Gasteiger partial charge in [-0.05, 0) is 23.3 Å². The van der Waals surface area contributed by atoms with E-state index in [0.29, 0.717) is 42.2 Å². The van der Waals surface area contributed by atoms with Crippen LogP contribution in [0.4, 0.5) is 4.39 Å². The Bertz CT molecular complexity index is 823. The van der Waals surface area contributed by atoms with E-state index < -0.39 is 22.6 Å². The quantitative estimate of drug-likeness (QED) is 0.389. The van der Waals surface area contributed by atoms with Crippen LogP contribution in [-0.4, -0.2) is 39.8 Å². The first kappa shape index (κ1) is 20.6. The van der Waals surface area contributed by atoms with Gasteiger partial charge in [0.1, 0.15) is 28.6 Å². The minimum atomic E-state index is -0.941. The van der Waals surface area contributed by atoms with Crippen LogP contribution in [-0.2, 0) is 22.5 Å². The number of amides is 1. The summed E-state index contributed by atoms with van der Waals surface area (Å²) in [7, 11) is 1.49. The zero-order chi connectivity index (χ0) is 20.1. The maximum atomic E-state index is 14.2. The Morgan fingerprint density at radius 3 is 2.50 bits per heavy atom. The van der Waals surface area contributed by atoms with Crippen molar-refractivity contribution < 1.29 is 23.7 Å². The Kier molecular flexibility index (Phi) is 6.56. The van der Waals surface area contributed by atoms with Crippen molar-refractivity contribution in [2.24, 2.45) is 0 Å². The van der Waals surface area contributed by atoms with E-state index in [2.05, 4.69) is 5.32 Å². The smallest absolute Gasteiger partial charge is 0.264 e. The molecule has 0 spiro atoms. The van der Waals surface area contributed by atoms with Crippen molar-refractivity contribution >= 4 is 17.1 Å². The predicted octanol–water partition coefficient (Wildman–Crippen LogP) is 2.38. The Balaban J connectivity index is 1.71. The summed E-state index contributed by atoms with van der Waals surface area (Å²) in [6.07, 6.45) is 0.780. The molecule has 2 aromatic rings. The molecule has 0 radical (unpaired) electrons. The van der Waals surface area contributed by atoms with Crippen molar-refractivity contribution in [3.05, 3.63) is 53.8 Å². The Hall–Kier alpha value is -2.13. The number of methoxy groups -OCH3 is 1. The molecule has 1 aliphatic rings. The van der Waals surface area contributed by atoms with Crippen LogP contribution in [0.25, 0.3) is 11.1 Å². The van der Waals surface area contributed by atoms with Gasteiger partial charge in [-0.2, -0.15) is 0 Å². The lowest BCUT2D eigenvalue weighted by molar-refractivity contribution is -0.136. The summed E-state index contributed by atoms with van der Waals surface area (Å²) in [5, 5.41) is 12.3. The van der Waals surface area contributed by atoms with Crippen LogP contribution in [0.15, 0.2) is 42.5 Å².